The molecule has 1 amide bonds. The third-order valence-electron chi connectivity index (χ3n) is 3.03. The minimum atomic E-state index is -0.439. The Kier molecular flexibility index (Phi) is 5.56. The second-order valence-corrected chi connectivity index (χ2v) is 6.36. The van der Waals surface area contributed by atoms with E-state index >= 15 is 0 Å². The fourth-order valence-corrected chi connectivity index (χ4v) is 2.22. The molecule has 0 saturated carbocycles. The van der Waals surface area contributed by atoms with Crippen molar-refractivity contribution >= 4 is 24.1 Å². The van der Waals surface area contributed by atoms with E-state index in [-0.39, 0.29) is 29.8 Å². The number of nitrogens with zero attached hydrogens (tertiary/aromatic N) is 1. The van der Waals surface area contributed by atoms with Crippen LogP contribution < -0.4 is 10.6 Å². The molecule has 114 valence electrons. The maximum atomic E-state index is 11.9. The molecule has 4 N–H and O–H groups in total. The van der Waals surface area contributed by atoms with Crippen molar-refractivity contribution in [3.05, 3.63) is 11.8 Å². The molecule has 0 aliphatic carbocycles. The van der Waals surface area contributed by atoms with Crippen molar-refractivity contribution in [3.8, 4) is 0 Å². The number of halogens is 1. The molecule has 0 bridgehead atoms. The van der Waals surface area contributed by atoms with Crippen molar-refractivity contribution in [2.75, 3.05) is 11.9 Å². The van der Waals surface area contributed by atoms with Crippen LogP contribution in [0.1, 0.15) is 32.9 Å². The SMILES string of the molecule is CC(C)(C)Cc1cc(NC(=O)C2CC(O)CN2)n[nH]1.Cl. The summed E-state index contributed by atoms with van der Waals surface area (Å²) in [5, 5.41) is 22.1. The zero-order valence-corrected chi connectivity index (χ0v) is 12.9. The Labute approximate surface area is 125 Å². The van der Waals surface area contributed by atoms with E-state index in [1.54, 1.807) is 0 Å². The molecule has 1 saturated heterocycles. The largest absolute Gasteiger partial charge is 0.392 e. The van der Waals surface area contributed by atoms with Crippen LogP contribution in [0.25, 0.3) is 0 Å². The smallest absolute Gasteiger partial charge is 0.242 e. The van der Waals surface area contributed by atoms with Gasteiger partial charge in [-0.2, -0.15) is 5.10 Å². The van der Waals surface area contributed by atoms with Crippen LogP contribution >= 0.6 is 12.4 Å². The van der Waals surface area contributed by atoms with E-state index in [9.17, 15) is 9.90 Å². The first-order valence-electron chi connectivity index (χ1n) is 6.60. The summed E-state index contributed by atoms with van der Waals surface area (Å²) in [6, 6.07) is 1.52. The number of amides is 1. The third-order valence-corrected chi connectivity index (χ3v) is 3.03. The molecule has 20 heavy (non-hydrogen) atoms. The molecule has 2 atom stereocenters. The van der Waals surface area contributed by atoms with Crippen molar-refractivity contribution in [2.45, 2.75) is 45.8 Å². The van der Waals surface area contributed by atoms with Crippen molar-refractivity contribution < 1.29 is 9.90 Å². The number of H-pyrrole nitrogens is 1. The summed E-state index contributed by atoms with van der Waals surface area (Å²) in [7, 11) is 0. The van der Waals surface area contributed by atoms with E-state index in [2.05, 4.69) is 41.6 Å². The number of hydrogen-bond acceptors (Lipinski definition) is 4. The average molecular weight is 303 g/mol. The van der Waals surface area contributed by atoms with E-state index in [4.69, 9.17) is 0 Å². The zero-order chi connectivity index (χ0) is 14.0. The van der Waals surface area contributed by atoms with Gasteiger partial charge in [-0.25, -0.2) is 0 Å². The van der Waals surface area contributed by atoms with E-state index in [0.717, 1.165) is 12.1 Å². The number of carbonyl (C=O) groups excluding carboxylic acids is 1. The highest BCUT2D eigenvalue weighted by Crippen LogP contribution is 2.20. The monoisotopic (exact) mass is 302 g/mol. The number of β-amino-alcohol motifs (C(OH)–C–C–N with tert-alkyl or cyclic N) is 1. The second-order valence-electron chi connectivity index (χ2n) is 6.36. The number of carbonyl (C=O) groups is 1. The van der Waals surface area contributed by atoms with Gasteiger partial charge in [0.1, 0.15) is 0 Å². The van der Waals surface area contributed by atoms with Gasteiger partial charge in [-0.15, -0.1) is 12.4 Å². The Hall–Kier alpha value is -1.11. The summed E-state index contributed by atoms with van der Waals surface area (Å²) in [6.07, 6.45) is 0.882. The molecule has 0 aromatic carbocycles. The highest BCUT2D eigenvalue weighted by atomic mass is 35.5. The fourth-order valence-electron chi connectivity index (χ4n) is 2.22. The Morgan fingerprint density at radius 2 is 2.25 bits per heavy atom. The third kappa shape index (κ3) is 4.77. The first-order chi connectivity index (χ1) is 8.83. The lowest BCUT2D eigenvalue weighted by Gasteiger charge is -2.15. The Balaban J connectivity index is 0.00000200. The second kappa shape index (κ2) is 6.56. The molecule has 1 fully saturated rings. The Morgan fingerprint density at radius 3 is 2.80 bits per heavy atom. The molecular weight excluding hydrogens is 280 g/mol. The van der Waals surface area contributed by atoms with Gasteiger partial charge in [-0.05, 0) is 18.3 Å². The number of hydrogen-bond donors (Lipinski definition) is 4. The fraction of sp³-hybridized carbons (Fsp3) is 0.692. The number of anilines is 1. The molecule has 0 radical (unpaired) electrons. The van der Waals surface area contributed by atoms with E-state index < -0.39 is 6.10 Å². The molecule has 0 spiro atoms. The van der Waals surface area contributed by atoms with E-state index in [0.29, 0.717) is 18.8 Å². The molecule has 1 aromatic rings. The zero-order valence-electron chi connectivity index (χ0n) is 12.1. The van der Waals surface area contributed by atoms with Crippen LogP contribution in [0.15, 0.2) is 6.07 Å². The lowest BCUT2D eigenvalue weighted by Crippen LogP contribution is -2.35. The predicted octanol–water partition coefficient (Wildman–Crippen LogP) is 1.08. The molecular formula is C13H23ClN4O2. The number of aliphatic hydroxyl groups excluding tert-OH is 1. The number of nitrogens with one attached hydrogen (secondary N) is 3. The van der Waals surface area contributed by atoms with Gasteiger partial charge in [0.05, 0.1) is 12.1 Å². The summed E-state index contributed by atoms with van der Waals surface area (Å²) in [5.74, 6) is 0.387. The Bertz CT molecular complexity index is 455. The topological polar surface area (TPSA) is 90.0 Å². The minimum Gasteiger partial charge on any atom is -0.392 e. The molecule has 1 aromatic heterocycles. The standard InChI is InChI=1S/C13H22N4O2.ClH/c1-13(2,3)6-8-4-11(17-16-8)15-12(19)10-5-9(18)7-14-10;/h4,9-10,14,18H,5-7H2,1-3H3,(H2,15,16,17,19);1H. The van der Waals surface area contributed by atoms with Gasteiger partial charge in [0.2, 0.25) is 5.91 Å². The maximum Gasteiger partial charge on any atom is 0.242 e. The van der Waals surface area contributed by atoms with Crippen LogP contribution in [-0.2, 0) is 11.2 Å². The lowest BCUT2D eigenvalue weighted by atomic mass is 9.91. The molecule has 2 heterocycles. The van der Waals surface area contributed by atoms with Crippen molar-refractivity contribution in [2.24, 2.45) is 5.41 Å². The van der Waals surface area contributed by atoms with Crippen molar-refractivity contribution in [3.63, 3.8) is 0 Å². The quantitative estimate of drug-likeness (QED) is 0.672. The van der Waals surface area contributed by atoms with Gasteiger partial charge in [0, 0.05) is 18.3 Å². The van der Waals surface area contributed by atoms with Crippen LogP contribution in [0.4, 0.5) is 5.82 Å². The number of aliphatic hydroxyl groups is 1. The molecule has 7 heteroatoms. The van der Waals surface area contributed by atoms with Crippen LogP contribution in [0.3, 0.4) is 0 Å². The molecule has 2 unspecified atom stereocenters. The van der Waals surface area contributed by atoms with Crippen LogP contribution in [0, 0.1) is 5.41 Å². The van der Waals surface area contributed by atoms with Gasteiger partial charge < -0.3 is 15.7 Å². The van der Waals surface area contributed by atoms with Gasteiger partial charge in [0.15, 0.2) is 5.82 Å². The highest BCUT2D eigenvalue weighted by molar-refractivity contribution is 5.94. The summed E-state index contributed by atoms with van der Waals surface area (Å²) in [4.78, 5) is 11.9. The summed E-state index contributed by atoms with van der Waals surface area (Å²) in [6.45, 7) is 6.91. The van der Waals surface area contributed by atoms with Crippen LogP contribution in [0.5, 0.6) is 0 Å². The molecule has 1 aliphatic heterocycles. The maximum absolute atomic E-state index is 11.9. The minimum absolute atomic E-state index is 0. The highest BCUT2D eigenvalue weighted by Gasteiger charge is 2.28. The molecule has 1 aliphatic rings. The lowest BCUT2D eigenvalue weighted by molar-refractivity contribution is -0.118. The average Bonchev–Trinajstić information content (AvgIpc) is 2.85. The number of aromatic amines is 1. The van der Waals surface area contributed by atoms with Crippen molar-refractivity contribution in [1.29, 1.82) is 0 Å². The van der Waals surface area contributed by atoms with Crippen molar-refractivity contribution in [1.82, 2.24) is 15.5 Å². The first kappa shape index (κ1) is 16.9. The number of rotatable bonds is 3. The van der Waals surface area contributed by atoms with Crippen LogP contribution in [-0.4, -0.2) is 39.9 Å². The molecule has 2 rings (SSSR count). The molecule has 6 nitrogen and oxygen atoms in total. The summed E-state index contributed by atoms with van der Waals surface area (Å²) >= 11 is 0. The predicted molar refractivity (Wildman–Crippen MR) is 80.0 cm³/mol. The first-order valence-corrected chi connectivity index (χ1v) is 6.60. The summed E-state index contributed by atoms with van der Waals surface area (Å²) in [5.41, 5.74) is 1.17. The van der Waals surface area contributed by atoms with E-state index in [1.165, 1.54) is 0 Å². The van der Waals surface area contributed by atoms with Crippen LogP contribution in [0.2, 0.25) is 0 Å². The van der Waals surface area contributed by atoms with Gasteiger partial charge in [-0.1, -0.05) is 20.8 Å². The van der Waals surface area contributed by atoms with E-state index in [1.807, 2.05) is 6.07 Å². The summed E-state index contributed by atoms with van der Waals surface area (Å²) < 4.78 is 0. The van der Waals surface area contributed by atoms with Gasteiger partial charge in [0.25, 0.3) is 0 Å². The Morgan fingerprint density at radius 1 is 1.55 bits per heavy atom. The van der Waals surface area contributed by atoms with Gasteiger partial charge >= 0.3 is 0 Å². The normalized spacial score (nSPS) is 22.4. The number of aromatic nitrogens is 2. The van der Waals surface area contributed by atoms with Gasteiger partial charge in [-0.3, -0.25) is 9.89 Å².